The number of aryl methyl sites for hydroxylation is 1. The Hall–Kier alpha value is -2.69. The van der Waals surface area contributed by atoms with Gasteiger partial charge in [0.05, 0.1) is 18.9 Å². The van der Waals surface area contributed by atoms with Crippen LogP contribution in [0.15, 0.2) is 36.4 Å². The zero-order chi connectivity index (χ0) is 17.1. The molecule has 2 aliphatic heterocycles. The SMILES string of the molecule is O=C(NCCCc1ccccc1)Nc1c2c(cc3c1OCC3)OCC2. The summed E-state index contributed by atoms with van der Waals surface area (Å²) in [6, 6.07) is 12.2. The summed E-state index contributed by atoms with van der Waals surface area (Å²) in [5.41, 5.74) is 4.22. The quantitative estimate of drug-likeness (QED) is 0.822. The second-order valence-corrected chi connectivity index (χ2v) is 6.38. The molecule has 2 aliphatic rings. The number of benzene rings is 2. The number of ether oxygens (including phenoxy) is 2. The first-order chi connectivity index (χ1) is 12.3. The molecule has 0 radical (unpaired) electrons. The minimum Gasteiger partial charge on any atom is -0.493 e. The maximum atomic E-state index is 12.3. The lowest BCUT2D eigenvalue weighted by atomic mass is 10.0. The van der Waals surface area contributed by atoms with Gasteiger partial charge in [-0.3, -0.25) is 0 Å². The van der Waals surface area contributed by atoms with Crippen molar-refractivity contribution in [1.29, 1.82) is 0 Å². The van der Waals surface area contributed by atoms with Gasteiger partial charge in [0.25, 0.3) is 0 Å². The van der Waals surface area contributed by atoms with Crippen molar-refractivity contribution in [2.45, 2.75) is 25.7 Å². The van der Waals surface area contributed by atoms with Crippen molar-refractivity contribution >= 4 is 11.7 Å². The Bertz CT molecular complexity index is 742. The van der Waals surface area contributed by atoms with Crippen molar-refractivity contribution in [3.05, 3.63) is 53.1 Å². The Labute approximate surface area is 147 Å². The van der Waals surface area contributed by atoms with E-state index in [9.17, 15) is 4.79 Å². The zero-order valence-electron chi connectivity index (χ0n) is 14.1. The van der Waals surface area contributed by atoms with Crippen molar-refractivity contribution in [2.75, 3.05) is 25.1 Å². The van der Waals surface area contributed by atoms with Crippen LogP contribution in [0.4, 0.5) is 10.5 Å². The highest BCUT2D eigenvalue weighted by Gasteiger charge is 2.27. The Morgan fingerprint density at radius 3 is 2.80 bits per heavy atom. The fraction of sp³-hybridized carbons (Fsp3) is 0.350. The van der Waals surface area contributed by atoms with E-state index < -0.39 is 0 Å². The van der Waals surface area contributed by atoms with Crippen molar-refractivity contribution in [1.82, 2.24) is 5.32 Å². The molecule has 2 amide bonds. The lowest BCUT2D eigenvalue weighted by Gasteiger charge is -2.14. The van der Waals surface area contributed by atoms with Crippen LogP contribution in [0, 0.1) is 0 Å². The molecule has 5 heteroatoms. The van der Waals surface area contributed by atoms with Crippen molar-refractivity contribution in [3.8, 4) is 11.5 Å². The number of hydrogen-bond acceptors (Lipinski definition) is 3. The van der Waals surface area contributed by atoms with Crippen molar-refractivity contribution in [2.24, 2.45) is 0 Å². The molecule has 0 spiro atoms. The standard InChI is InChI=1S/C20H22N2O3/c23-20(21-10-4-7-14-5-2-1-3-6-14)22-18-16-9-12-24-17(16)13-15-8-11-25-19(15)18/h1-3,5-6,13H,4,7-12H2,(H2,21,22,23). The monoisotopic (exact) mass is 338 g/mol. The first-order valence-corrected chi connectivity index (χ1v) is 8.84. The highest BCUT2D eigenvalue weighted by atomic mass is 16.5. The van der Waals surface area contributed by atoms with Gasteiger partial charge in [-0.2, -0.15) is 0 Å². The highest BCUT2D eigenvalue weighted by molar-refractivity contribution is 5.93. The first-order valence-electron chi connectivity index (χ1n) is 8.84. The van der Waals surface area contributed by atoms with E-state index in [0.717, 1.165) is 54.0 Å². The van der Waals surface area contributed by atoms with Gasteiger partial charge in [0.1, 0.15) is 11.5 Å². The Balaban J connectivity index is 1.35. The average Bonchev–Trinajstić information content (AvgIpc) is 3.28. The number of fused-ring (bicyclic) bond motifs is 2. The molecular weight excluding hydrogens is 316 g/mol. The number of anilines is 1. The van der Waals surface area contributed by atoms with Crippen LogP contribution in [0.1, 0.15) is 23.1 Å². The fourth-order valence-corrected chi connectivity index (χ4v) is 3.41. The lowest BCUT2D eigenvalue weighted by molar-refractivity contribution is 0.252. The first kappa shape index (κ1) is 15.8. The van der Waals surface area contributed by atoms with Crippen LogP contribution in [-0.2, 0) is 19.3 Å². The van der Waals surface area contributed by atoms with Crippen LogP contribution in [0.3, 0.4) is 0 Å². The normalized spacial score (nSPS) is 14.2. The van der Waals surface area contributed by atoms with E-state index >= 15 is 0 Å². The molecule has 0 bridgehead atoms. The minimum atomic E-state index is -0.189. The van der Waals surface area contributed by atoms with Crippen LogP contribution in [-0.4, -0.2) is 25.8 Å². The van der Waals surface area contributed by atoms with Gasteiger partial charge in [0.15, 0.2) is 0 Å². The van der Waals surface area contributed by atoms with Crippen LogP contribution in [0.25, 0.3) is 0 Å². The molecule has 0 saturated carbocycles. The van der Waals surface area contributed by atoms with Gasteiger partial charge in [-0.25, -0.2) is 4.79 Å². The van der Waals surface area contributed by atoms with Gasteiger partial charge in [0.2, 0.25) is 0 Å². The van der Waals surface area contributed by atoms with Gasteiger partial charge < -0.3 is 20.1 Å². The maximum Gasteiger partial charge on any atom is 0.319 e. The largest absolute Gasteiger partial charge is 0.493 e. The van der Waals surface area contributed by atoms with Gasteiger partial charge >= 0.3 is 6.03 Å². The number of amides is 2. The number of carbonyl (C=O) groups excluding carboxylic acids is 1. The van der Waals surface area contributed by atoms with E-state index in [1.165, 1.54) is 5.56 Å². The summed E-state index contributed by atoms with van der Waals surface area (Å²) in [5, 5.41) is 5.92. The predicted octanol–water partition coefficient (Wildman–Crippen LogP) is 3.31. The van der Waals surface area contributed by atoms with Crippen LogP contribution in [0.5, 0.6) is 11.5 Å². The number of hydrogen-bond donors (Lipinski definition) is 2. The molecule has 5 nitrogen and oxygen atoms in total. The van der Waals surface area contributed by atoms with E-state index in [2.05, 4.69) is 22.8 Å². The van der Waals surface area contributed by atoms with Crippen LogP contribution >= 0.6 is 0 Å². The molecule has 4 rings (SSSR count). The summed E-state index contributed by atoms with van der Waals surface area (Å²) in [6.07, 6.45) is 3.52. The van der Waals surface area contributed by atoms with E-state index in [0.29, 0.717) is 19.8 Å². The Morgan fingerprint density at radius 2 is 1.92 bits per heavy atom. The van der Waals surface area contributed by atoms with E-state index in [-0.39, 0.29) is 6.03 Å². The molecule has 0 atom stereocenters. The van der Waals surface area contributed by atoms with E-state index in [1.807, 2.05) is 24.3 Å². The summed E-state index contributed by atoms with van der Waals surface area (Å²) in [4.78, 5) is 12.3. The van der Waals surface area contributed by atoms with Gasteiger partial charge in [-0.1, -0.05) is 30.3 Å². The molecular formula is C20H22N2O3. The Morgan fingerprint density at radius 1 is 1.08 bits per heavy atom. The summed E-state index contributed by atoms with van der Waals surface area (Å²) >= 11 is 0. The zero-order valence-corrected chi connectivity index (χ0v) is 14.1. The average molecular weight is 338 g/mol. The number of urea groups is 1. The Kier molecular flexibility index (Phi) is 4.46. The second-order valence-electron chi connectivity index (χ2n) is 6.38. The number of nitrogens with one attached hydrogen (secondary N) is 2. The minimum absolute atomic E-state index is 0.189. The summed E-state index contributed by atoms with van der Waals surface area (Å²) in [6.45, 7) is 1.95. The van der Waals surface area contributed by atoms with E-state index in [1.54, 1.807) is 0 Å². The summed E-state index contributed by atoms with van der Waals surface area (Å²) in [7, 11) is 0. The molecule has 25 heavy (non-hydrogen) atoms. The highest BCUT2D eigenvalue weighted by Crippen LogP contribution is 2.44. The van der Waals surface area contributed by atoms with Gasteiger partial charge in [-0.05, 0) is 24.5 Å². The molecule has 0 aliphatic carbocycles. The predicted molar refractivity (Wildman–Crippen MR) is 96.6 cm³/mol. The third-order valence-corrected chi connectivity index (χ3v) is 4.66. The fourth-order valence-electron chi connectivity index (χ4n) is 3.41. The van der Waals surface area contributed by atoms with Gasteiger partial charge in [-0.15, -0.1) is 0 Å². The molecule has 0 unspecified atom stereocenters. The molecule has 2 heterocycles. The van der Waals surface area contributed by atoms with Gasteiger partial charge in [0, 0.05) is 30.5 Å². The number of rotatable bonds is 5. The molecule has 2 aromatic carbocycles. The van der Waals surface area contributed by atoms with E-state index in [4.69, 9.17) is 9.47 Å². The molecule has 2 aromatic rings. The second kappa shape index (κ2) is 7.05. The van der Waals surface area contributed by atoms with Crippen LogP contribution < -0.4 is 20.1 Å². The third kappa shape index (κ3) is 3.40. The summed E-state index contributed by atoms with van der Waals surface area (Å²) < 4.78 is 11.4. The summed E-state index contributed by atoms with van der Waals surface area (Å²) in [5.74, 6) is 1.69. The number of carbonyl (C=O) groups is 1. The van der Waals surface area contributed by atoms with Crippen molar-refractivity contribution in [3.63, 3.8) is 0 Å². The lowest BCUT2D eigenvalue weighted by Crippen LogP contribution is -2.30. The third-order valence-electron chi connectivity index (χ3n) is 4.66. The van der Waals surface area contributed by atoms with Crippen molar-refractivity contribution < 1.29 is 14.3 Å². The molecule has 0 fully saturated rings. The van der Waals surface area contributed by atoms with Crippen LogP contribution in [0.2, 0.25) is 0 Å². The molecule has 0 aromatic heterocycles. The maximum absolute atomic E-state index is 12.3. The molecule has 0 saturated heterocycles. The molecule has 2 N–H and O–H groups in total. The smallest absolute Gasteiger partial charge is 0.319 e. The molecule has 130 valence electrons. The topological polar surface area (TPSA) is 59.6 Å².